The van der Waals surface area contributed by atoms with E-state index in [1.54, 1.807) is 17.2 Å². The summed E-state index contributed by atoms with van der Waals surface area (Å²) in [5.74, 6) is 0.711. The largest absolute Gasteiger partial charge is 0.383 e. The Morgan fingerprint density at radius 1 is 0.978 bits per heavy atom. The van der Waals surface area contributed by atoms with Gasteiger partial charge in [-0.3, -0.25) is 14.6 Å². The maximum atomic E-state index is 13.3. The summed E-state index contributed by atoms with van der Waals surface area (Å²) in [6.45, 7) is 6.24. The van der Waals surface area contributed by atoms with Crippen molar-refractivity contribution in [1.29, 1.82) is 0 Å². The number of likely N-dealkylation sites (tertiary alicyclic amines) is 2. The van der Waals surface area contributed by atoms with Gasteiger partial charge in [0.1, 0.15) is 5.82 Å². The van der Waals surface area contributed by atoms with Crippen LogP contribution in [0.3, 0.4) is 0 Å². The van der Waals surface area contributed by atoms with Gasteiger partial charge < -0.3 is 25.8 Å². The predicted octanol–water partition coefficient (Wildman–Crippen LogP) is 3.76. The highest BCUT2D eigenvalue weighted by molar-refractivity contribution is 5.99. The Balaban J connectivity index is 1.00. The summed E-state index contributed by atoms with van der Waals surface area (Å²) in [4.78, 5) is 37.4. The molecule has 0 spiro atoms. The standard InChI is InChI=1S/C36H46N8O2/c1-41-15-4-5-26(21-41)22-42(2)20-25-6-8-27(9-7-25)28-10-12-29(13-11-28)36(46)44-16-14-32(24-44)40-35(45)33-17-30(18-38-34(33)37)31-19-39-43(3)23-31/h6-13,17-19,26,31-32H,4-5,14-16,20-24H2,1-3H3,(H2,37,38)(H,40,45)/t26?,31?,32-/m1/s1. The predicted molar refractivity (Wildman–Crippen MR) is 183 cm³/mol. The molecule has 3 aliphatic rings. The molecule has 10 nitrogen and oxygen atoms in total. The summed E-state index contributed by atoms with van der Waals surface area (Å²) in [5, 5.41) is 9.20. The number of carbonyl (C=O) groups excluding carboxylic acids is 2. The van der Waals surface area contributed by atoms with Gasteiger partial charge in [0, 0.05) is 76.3 Å². The van der Waals surface area contributed by atoms with Gasteiger partial charge in [0.25, 0.3) is 11.8 Å². The van der Waals surface area contributed by atoms with E-state index in [9.17, 15) is 9.59 Å². The molecule has 2 aromatic carbocycles. The van der Waals surface area contributed by atoms with Crippen LogP contribution >= 0.6 is 0 Å². The average Bonchev–Trinajstić information content (AvgIpc) is 3.70. The maximum Gasteiger partial charge on any atom is 0.255 e. The van der Waals surface area contributed by atoms with Gasteiger partial charge in [0.2, 0.25) is 0 Å². The van der Waals surface area contributed by atoms with Gasteiger partial charge in [-0.15, -0.1) is 0 Å². The fraction of sp³-hybridized carbons (Fsp3) is 0.444. The summed E-state index contributed by atoms with van der Waals surface area (Å²) in [6.07, 6.45) is 6.86. The van der Waals surface area contributed by atoms with Crippen LogP contribution in [0.15, 0.2) is 65.9 Å². The third-order valence-electron chi connectivity index (χ3n) is 9.49. The van der Waals surface area contributed by atoms with Gasteiger partial charge in [0.15, 0.2) is 0 Å². The number of piperidine rings is 1. The van der Waals surface area contributed by atoms with E-state index in [0.717, 1.165) is 42.2 Å². The molecule has 242 valence electrons. The van der Waals surface area contributed by atoms with Crippen LogP contribution in [-0.2, 0) is 6.54 Å². The summed E-state index contributed by atoms with van der Waals surface area (Å²) < 4.78 is 0. The number of hydrogen-bond acceptors (Lipinski definition) is 8. The van der Waals surface area contributed by atoms with E-state index in [0.29, 0.717) is 30.6 Å². The Hall–Kier alpha value is -4.28. The van der Waals surface area contributed by atoms with Crippen molar-refractivity contribution in [3.05, 3.63) is 83.0 Å². The number of likely N-dealkylation sites (N-methyl/N-ethyl adjacent to an activating group) is 1. The fourth-order valence-corrected chi connectivity index (χ4v) is 7.00. The number of pyridine rings is 1. The molecule has 3 N–H and O–H groups in total. The average molecular weight is 623 g/mol. The summed E-state index contributed by atoms with van der Waals surface area (Å²) in [6, 6.07) is 18.2. The van der Waals surface area contributed by atoms with Crippen LogP contribution in [0.5, 0.6) is 0 Å². The highest BCUT2D eigenvalue weighted by atomic mass is 16.2. The van der Waals surface area contributed by atoms with Crippen molar-refractivity contribution in [2.75, 3.05) is 66.1 Å². The first-order valence-corrected chi connectivity index (χ1v) is 16.4. The van der Waals surface area contributed by atoms with Crippen molar-refractivity contribution in [3.8, 4) is 11.1 Å². The van der Waals surface area contributed by atoms with Crippen molar-refractivity contribution < 1.29 is 9.59 Å². The molecule has 2 saturated heterocycles. The third-order valence-corrected chi connectivity index (χ3v) is 9.49. The molecule has 2 fully saturated rings. The first-order valence-electron chi connectivity index (χ1n) is 16.4. The monoisotopic (exact) mass is 622 g/mol. The minimum Gasteiger partial charge on any atom is -0.383 e. The molecule has 2 amide bonds. The number of nitrogens with zero attached hydrogens (tertiary/aromatic N) is 6. The first kappa shape index (κ1) is 31.7. The normalized spacial score (nSPS) is 21.7. The van der Waals surface area contributed by atoms with Gasteiger partial charge in [-0.1, -0.05) is 36.4 Å². The van der Waals surface area contributed by atoms with E-state index in [-0.39, 0.29) is 29.6 Å². The zero-order chi connectivity index (χ0) is 32.2. The van der Waals surface area contributed by atoms with Crippen LogP contribution in [0.1, 0.15) is 57.0 Å². The van der Waals surface area contributed by atoms with Crippen molar-refractivity contribution in [1.82, 2.24) is 30.0 Å². The number of anilines is 1. The first-order chi connectivity index (χ1) is 22.2. The van der Waals surface area contributed by atoms with Gasteiger partial charge in [-0.05, 0) is 86.3 Å². The minimum atomic E-state index is -0.270. The number of nitrogens with two attached hydrogens (primary N) is 1. The Labute approximate surface area is 272 Å². The number of nitrogen functional groups attached to an aromatic ring is 1. The molecular formula is C36H46N8O2. The second-order valence-electron chi connectivity index (χ2n) is 13.4. The van der Waals surface area contributed by atoms with Crippen LogP contribution in [0, 0.1) is 5.92 Å². The Bertz CT molecular complexity index is 1560. The van der Waals surface area contributed by atoms with Crippen LogP contribution in [-0.4, -0.2) is 109 Å². The molecule has 0 radical (unpaired) electrons. The van der Waals surface area contributed by atoms with Crippen LogP contribution in [0.4, 0.5) is 5.82 Å². The molecule has 4 heterocycles. The molecular weight excluding hydrogens is 576 g/mol. The molecule has 1 aromatic heterocycles. The molecule has 0 saturated carbocycles. The summed E-state index contributed by atoms with van der Waals surface area (Å²) >= 11 is 0. The fourth-order valence-electron chi connectivity index (χ4n) is 7.00. The topological polar surface area (TPSA) is 110 Å². The lowest BCUT2D eigenvalue weighted by molar-refractivity contribution is 0.0783. The molecule has 2 unspecified atom stereocenters. The summed E-state index contributed by atoms with van der Waals surface area (Å²) in [5.41, 5.74) is 11.5. The molecule has 0 bridgehead atoms. The van der Waals surface area contributed by atoms with Gasteiger partial charge in [-0.25, -0.2) is 4.98 Å². The van der Waals surface area contributed by atoms with Crippen molar-refractivity contribution in [2.45, 2.75) is 37.8 Å². The smallest absolute Gasteiger partial charge is 0.255 e. The minimum absolute atomic E-state index is 0.0290. The Morgan fingerprint density at radius 2 is 1.72 bits per heavy atom. The lowest BCUT2D eigenvalue weighted by Gasteiger charge is -2.32. The van der Waals surface area contributed by atoms with E-state index in [1.165, 1.54) is 31.5 Å². The number of amides is 2. The molecule has 3 aromatic rings. The molecule has 10 heteroatoms. The van der Waals surface area contributed by atoms with E-state index in [1.807, 2.05) is 42.5 Å². The van der Waals surface area contributed by atoms with E-state index < -0.39 is 0 Å². The van der Waals surface area contributed by atoms with E-state index >= 15 is 0 Å². The number of hydrogen-bond donors (Lipinski definition) is 2. The van der Waals surface area contributed by atoms with Gasteiger partial charge in [0.05, 0.1) is 5.56 Å². The number of rotatable bonds is 9. The zero-order valence-corrected chi connectivity index (χ0v) is 27.2. The number of benzene rings is 2. The number of carbonyl (C=O) groups is 2. The molecule has 46 heavy (non-hydrogen) atoms. The van der Waals surface area contributed by atoms with E-state index in [4.69, 9.17) is 5.73 Å². The quantitative estimate of drug-likeness (QED) is 0.374. The second-order valence-corrected chi connectivity index (χ2v) is 13.4. The van der Waals surface area contributed by atoms with Crippen molar-refractivity contribution in [3.63, 3.8) is 0 Å². The van der Waals surface area contributed by atoms with Crippen LogP contribution in [0.2, 0.25) is 0 Å². The zero-order valence-electron chi connectivity index (χ0n) is 27.2. The molecule has 0 aliphatic carbocycles. The second kappa shape index (κ2) is 14.0. The lowest BCUT2D eigenvalue weighted by Crippen LogP contribution is -2.38. The SMILES string of the molecule is CN1CCCC(CN(C)Cc2ccc(-c3ccc(C(=O)N4CC[C@@H](NC(=O)c5cc(C6C=NN(C)C6)cnc5N)C4)cc3)cc2)C1. The molecule has 6 rings (SSSR count). The van der Waals surface area contributed by atoms with E-state index in [2.05, 4.69) is 63.6 Å². The number of hydrazone groups is 1. The van der Waals surface area contributed by atoms with Crippen LogP contribution < -0.4 is 11.1 Å². The Morgan fingerprint density at radius 3 is 2.41 bits per heavy atom. The Kier molecular flexibility index (Phi) is 9.65. The van der Waals surface area contributed by atoms with Crippen molar-refractivity contribution in [2.24, 2.45) is 11.0 Å². The molecule has 3 atom stereocenters. The maximum absolute atomic E-state index is 13.3. The lowest BCUT2D eigenvalue weighted by atomic mass is 9.97. The highest BCUT2D eigenvalue weighted by Gasteiger charge is 2.29. The highest BCUT2D eigenvalue weighted by Crippen LogP contribution is 2.25. The van der Waals surface area contributed by atoms with Gasteiger partial charge >= 0.3 is 0 Å². The van der Waals surface area contributed by atoms with Crippen molar-refractivity contribution >= 4 is 23.8 Å². The number of aromatic nitrogens is 1. The summed E-state index contributed by atoms with van der Waals surface area (Å²) in [7, 11) is 6.35. The molecule has 3 aliphatic heterocycles. The van der Waals surface area contributed by atoms with Crippen LogP contribution in [0.25, 0.3) is 11.1 Å². The van der Waals surface area contributed by atoms with Gasteiger partial charge in [-0.2, -0.15) is 5.10 Å². The number of nitrogens with one attached hydrogen (secondary N) is 1. The third kappa shape index (κ3) is 7.57.